The van der Waals surface area contributed by atoms with E-state index < -0.39 is 0 Å². The summed E-state index contributed by atoms with van der Waals surface area (Å²) >= 11 is 8.51. The number of aliphatic imine (C=N–C) groups is 1. The lowest BCUT2D eigenvalue weighted by Gasteiger charge is -2.10. The summed E-state index contributed by atoms with van der Waals surface area (Å²) in [6.07, 6.45) is 3.31. The second kappa shape index (κ2) is 6.47. The minimum absolute atomic E-state index is 0.670. The Hall–Kier alpha value is -0.560. The molecule has 1 aliphatic rings. The normalized spacial score (nSPS) is 17.4. The molecule has 1 heterocycles. The summed E-state index contributed by atoms with van der Waals surface area (Å²) in [7, 11) is 1.85. The molecular formula is C14H20ClIN4. The van der Waals surface area contributed by atoms with Crippen LogP contribution >= 0.6 is 34.2 Å². The van der Waals surface area contributed by atoms with E-state index in [1.54, 1.807) is 4.68 Å². The Bertz CT molecular complexity index is 566. The Kier molecular flexibility index (Phi) is 5.12. The van der Waals surface area contributed by atoms with Gasteiger partial charge in [0.1, 0.15) is 8.85 Å². The minimum Gasteiger partial charge on any atom is -0.402 e. The molecule has 1 saturated carbocycles. The van der Waals surface area contributed by atoms with Crippen LogP contribution in [0, 0.1) is 9.62 Å². The number of halogens is 2. The standard InChI is InChI=1S/C14H20ClIN4/c1-8(17)11(9(2)18-7-10-4-5-10)6-12-13(15)20(3)19-14(12)16/h10H,4-7,17H2,1-3H3. The van der Waals surface area contributed by atoms with Gasteiger partial charge in [0.05, 0.1) is 0 Å². The molecule has 2 rings (SSSR count). The molecular weight excluding hydrogens is 387 g/mol. The van der Waals surface area contributed by atoms with Crippen LogP contribution in [0.1, 0.15) is 32.3 Å². The van der Waals surface area contributed by atoms with E-state index in [0.29, 0.717) is 11.6 Å². The van der Waals surface area contributed by atoms with E-state index in [4.69, 9.17) is 17.3 Å². The second-order valence-electron chi connectivity index (χ2n) is 5.39. The lowest BCUT2D eigenvalue weighted by Crippen LogP contribution is -2.10. The molecule has 1 aromatic heterocycles. The molecule has 0 aromatic carbocycles. The highest BCUT2D eigenvalue weighted by molar-refractivity contribution is 14.1. The Morgan fingerprint density at radius 3 is 2.60 bits per heavy atom. The van der Waals surface area contributed by atoms with Crippen LogP contribution in [0.4, 0.5) is 0 Å². The van der Waals surface area contributed by atoms with Crippen LogP contribution in [0.5, 0.6) is 0 Å². The molecule has 0 radical (unpaired) electrons. The number of hydrogen-bond donors (Lipinski definition) is 1. The van der Waals surface area contributed by atoms with Crippen molar-refractivity contribution in [1.82, 2.24) is 9.78 Å². The summed E-state index contributed by atoms with van der Waals surface area (Å²) in [6, 6.07) is 0. The molecule has 1 aliphatic carbocycles. The average Bonchev–Trinajstić information content (AvgIpc) is 3.15. The van der Waals surface area contributed by atoms with E-state index in [9.17, 15) is 0 Å². The summed E-state index contributed by atoms with van der Waals surface area (Å²) in [5.74, 6) is 0.784. The van der Waals surface area contributed by atoms with Crippen LogP contribution in [0.2, 0.25) is 5.15 Å². The smallest absolute Gasteiger partial charge is 0.131 e. The number of aryl methyl sites for hydroxylation is 1. The Morgan fingerprint density at radius 1 is 1.50 bits per heavy atom. The molecule has 2 N–H and O–H groups in total. The first-order valence-corrected chi connectivity index (χ1v) is 8.19. The van der Waals surface area contributed by atoms with Gasteiger partial charge in [-0.25, -0.2) is 0 Å². The fourth-order valence-corrected chi connectivity index (χ4v) is 3.18. The predicted octanol–water partition coefficient (Wildman–Crippen LogP) is 3.32. The largest absolute Gasteiger partial charge is 0.402 e. The van der Waals surface area contributed by atoms with E-state index in [1.165, 1.54) is 12.8 Å². The number of rotatable bonds is 5. The van der Waals surface area contributed by atoms with Crippen molar-refractivity contribution in [2.75, 3.05) is 6.54 Å². The van der Waals surface area contributed by atoms with Crippen LogP contribution in [-0.2, 0) is 13.5 Å². The second-order valence-corrected chi connectivity index (χ2v) is 6.77. The third-order valence-electron chi connectivity index (χ3n) is 3.57. The lowest BCUT2D eigenvalue weighted by atomic mass is 10.0. The maximum atomic E-state index is 6.30. The molecule has 20 heavy (non-hydrogen) atoms. The maximum absolute atomic E-state index is 6.30. The molecule has 0 amide bonds. The van der Waals surface area contributed by atoms with Crippen molar-refractivity contribution in [2.45, 2.75) is 33.1 Å². The van der Waals surface area contributed by atoms with Gasteiger partial charge >= 0.3 is 0 Å². The number of allylic oxidation sites excluding steroid dienone is 2. The van der Waals surface area contributed by atoms with Gasteiger partial charge in [-0.05, 0) is 60.8 Å². The van der Waals surface area contributed by atoms with Crippen molar-refractivity contribution in [3.05, 3.63) is 25.7 Å². The predicted molar refractivity (Wildman–Crippen MR) is 92.2 cm³/mol. The summed E-state index contributed by atoms with van der Waals surface area (Å²) in [4.78, 5) is 4.68. The van der Waals surface area contributed by atoms with Gasteiger partial charge in [0.15, 0.2) is 0 Å². The quantitative estimate of drug-likeness (QED) is 0.602. The van der Waals surface area contributed by atoms with Crippen molar-refractivity contribution in [3.8, 4) is 0 Å². The molecule has 1 aromatic rings. The summed E-state index contributed by atoms with van der Waals surface area (Å²) in [6.45, 7) is 4.87. The van der Waals surface area contributed by atoms with Crippen molar-refractivity contribution >= 4 is 39.9 Å². The molecule has 0 atom stereocenters. The average molecular weight is 407 g/mol. The van der Waals surface area contributed by atoms with Crippen LogP contribution in [0.3, 0.4) is 0 Å². The Balaban J connectivity index is 2.21. The van der Waals surface area contributed by atoms with Gasteiger partial charge in [-0.3, -0.25) is 9.67 Å². The third kappa shape index (κ3) is 3.75. The third-order valence-corrected chi connectivity index (χ3v) is 4.91. The Morgan fingerprint density at radius 2 is 2.15 bits per heavy atom. The van der Waals surface area contributed by atoms with E-state index in [0.717, 1.165) is 38.7 Å². The highest BCUT2D eigenvalue weighted by Gasteiger charge is 2.21. The van der Waals surface area contributed by atoms with Crippen LogP contribution in [0.25, 0.3) is 0 Å². The number of aromatic nitrogens is 2. The molecule has 0 spiro atoms. The molecule has 1 fully saturated rings. The van der Waals surface area contributed by atoms with Crippen molar-refractivity contribution < 1.29 is 0 Å². The van der Waals surface area contributed by atoms with E-state index in [1.807, 2.05) is 20.9 Å². The van der Waals surface area contributed by atoms with E-state index in [2.05, 4.69) is 32.7 Å². The number of nitrogens with zero attached hydrogens (tertiary/aromatic N) is 3. The SMILES string of the molecule is CC(=NCC1CC1)C(Cc1c(I)nn(C)c1Cl)=C(C)N. The molecule has 0 unspecified atom stereocenters. The zero-order valence-electron chi connectivity index (χ0n) is 12.1. The summed E-state index contributed by atoms with van der Waals surface area (Å²) in [5, 5.41) is 5.00. The van der Waals surface area contributed by atoms with Crippen molar-refractivity contribution in [3.63, 3.8) is 0 Å². The van der Waals surface area contributed by atoms with Gasteiger partial charge in [0.2, 0.25) is 0 Å². The fourth-order valence-electron chi connectivity index (χ4n) is 2.05. The van der Waals surface area contributed by atoms with Crippen LogP contribution in [-0.4, -0.2) is 22.0 Å². The van der Waals surface area contributed by atoms with Gasteiger partial charge in [-0.1, -0.05) is 11.6 Å². The van der Waals surface area contributed by atoms with Crippen molar-refractivity contribution in [1.29, 1.82) is 0 Å². The minimum atomic E-state index is 0.670. The molecule has 6 heteroatoms. The Labute approximate surface area is 138 Å². The number of nitrogens with two attached hydrogens (primary N) is 1. The van der Waals surface area contributed by atoms with E-state index >= 15 is 0 Å². The van der Waals surface area contributed by atoms with Gasteiger partial charge in [0, 0.05) is 37.0 Å². The summed E-state index contributed by atoms with van der Waals surface area (Å²) in [5.41, 5.74) is 9.96. The molecule has 0 saturated heterocycles. The highest BCUT2D eigenvalue weighted by Crippen LogP contribution is 2.29. The molecule has 4 nitrogen and oxygen atoms in total. The monoisotopic (exact) mass is 406 g/mol. The first kappa shape index (κ1) is 15.8. The van der Waals surface area contributed by atoms with Gasteiger partial charge in [0.25, 0.3) is 0 Å². The van der Waals surface area contributed by atoms with Gasteiger partial charge in [-0.15, -0.1) is 0 Å². The van der Waals surface area contributed by atoms with Gasteiger partial charge in [-0.2, -0.15) is 5.10 Å². The topological polar surface area (TPSA) is 56.2 Å². The van der Waals surface area contributed by atoms with Crippen molar-refractivity contribution in [2.24, 2.45) is 23.7 Å². The van der Waals surface area contributed by atoms with E-state index in [-0.39, 0.29) is 0 Å². The molecule has 110 valence electrons. The van der Waals surface area contributed by atoms with Crippen LogP contribution in [0.15, 0.2) is 16.3 Å². The fraction of sp³-hybridized carbons (Fsp3) is 0.571. The molecule has 0 bridgehead atoms. The zero-order chi connectivity index (χ0) is 14.9. The number of hydrogen-bond acceptors (Lipinski definition) is 3. The lowest BCUT2D eigenvalue weighted by molar-refractivity contribution is 0.760. The summed E-state index contributed by atoms with van der Waals surface area (Å²) < 4.78 is 2.61. The van der Waals surface area contributed by atoms with Gasteiger partial charge < -0.3 is 5.73 Å². The first-order valence-electron chi connectivity index (χ1n) is 6.73. The first-order chi connectivity index (χ1) is 9.40. The maximum Gasteiger partial charge on any atom is 0.131 e. The highest BCUT2D eigenvalue weighted by atomic mass is 127. The zero-order valence-corrected chi connectivity index (χ0v) is 15.0. The van der Waals surface area contributed by atoms with Crippen LogP contribution < -0.4 is 5.73 Å². The molecule has 0 aliphatic heterocycles.